The van der Waals surface area contributed by atoms with Crippen LogP contribution in [-0.4, -0.2) is 28.3 Å². The van der Waals surface area contributed by atoms with Crippen LogP contribution in [0.25, 0.3) is 22.1 Å². The van der Waals surface area contributed by atoms with E-state index in [-0.39, 0.29) is 29.3 Å². The van der Waals surface area contributed by atoms with E-state index in [0.717, 1.165) is 28.6 Å². The van der Waals surface area contributed by atoms with Gasteiger partial charge in [0.1, 0.15) is 16.8 Å². The van der Waals surface area contributed by atoms with Crippen molar-refractivity contribution in [1.82, 2.24) is 9.55 Å². The van der Waals surface area contributed by atoms with Gasteiger partial charge in [0.2, 0.25) is 11.5 Å². The van der Waals surface area contributed by atoms with E-state index in [0.29, 0.717) is 22.0 Å². The highest BCUT2D eigenvalue weighted by atomic mass is 32.2. The zero-order valence-corrected chi connectivity index (χ0v) is 20.8. The van der Waals surface area contributed by atoms with E-state index in [1.54, 1.807) is 11.7 Å². The molecule has 36 heavy (non-hydrogen) atoms. The number of carbonyl (C=O) groups excluding carboxylic acids is 1. The summed E-state index contributed by atoms with van der Waals surface area (Å²) in [5, 5.41) is 4.15. The fraction of sp³-hybridized carbons (Fsp3) is 0.179. The van der Waals surface area contributed by atoms with Crippen LogP contribution in [0.15, 0.2) is 87.2 Å². The molecule has 1 N–H and O–H groups in total. The van der Waals surface area contributed by atoms with Gasteiger partial charge in [0.25, 0.3) is 5.56 Å². The van der Waals surface area contributed by atoms with Crippen LogP contribution in [0.1, 0.15) is 18.1 Å². The van der Waals surface area contributed by atoms with Crippen LogP contribution in [0, 0.1) is 0 Å². The molecule has 0 saturated heterocycles. The van der Waals surface area contributed by atoms with Gasteiger partial charge in [-0.25, -0.2) is 4.98 Å². The van der Waals surface area contributed by atoms with Crippen LogP contribution in [0.3, 0.4) is 0 Å². The molecule has 5 rings (SSSR count). The molecule has 5 aromatic rings. The van der Waals surface area contributed by atoms with Gasteiger partial charge in [0.15, 0.2) is 5.16 Å². The van der Waals surface area contributed by atoms with Crippen molar-refractivity contribution in [1.29, 1.82) is 0 Å². The maximum absolute atomic E-state index is 13.6. The molecule has 0 bridgehead atoms. The molecule has 0 atom stereocenters. The first kappa shape index (κ1) is 23.7. The van der Waals surface area contributed by atoms with Crippen molar-refractivity contribution in [3.63, 3.8) is 0 Å². The first-order valence-electron chi connectivity index (χ1n) is 11.6. The fourth-order valence-electron chi connectivity index (χ4n) is 4.05. The number of methoxy groups -OCH3 is 1. The van der Waals surface area contributed by atoms with Gasteiger partial charge < -0.3 is 14.5 Å². The summed E-state index contributed by atoms with van der Waals surface area (Å²) in [5.41, 5.74) is 3.76. The van der Waals surface area contributed by atoms with Gasteiger partial charge in [-0.3, -0.25) is 14.2 Å². The summed E-state index contributed by atoms with van der Waals surface area (Å²) in [5.74, 6) is 0.621. The number of nitrogens with zero attached hydrogens (tertiary/aromatic N) is 2. The van der Waals surface area contributed by atoms with Gasteiger partial charge in [-0.1, -0.05) is 55.1 Å². The third-order valence-corrected chi connectivity index (χ3v) is 6.85. The maximum atomic E-state index is 13.6. The zero-order chi connectivity index (χ0) is 25.1. The quantitative estimate of drug-likeness (QED) is 0.224. The molecular weight excluding hydrogens is 474 g/mol. The van der Waals surface area contributed by atoms with E-state index in [4.69, 9.17) is 14.1 Å². The SMILES string of the molecule is CCc1cccc(NC(=O)CSc2nc3c(oc4ccccc43)c(=O)n2Cc2cccc(OC)c2)c1. The monoisotopic (exact) mass is 499 g/mol. The molecule has 0 aliphatic heterocycles. The number of rotatable bonds is 8. The third kappa shape index (κ3) is 4.85. The second-order valence-electron chi connectivity index (χ2n) is 8.30. The van der Waals surface area contributed by atoms with Crippen molar-refractivity contribution in [2.45, 2.75) is 25.0 Å². The summed E-state index contributed by atoms with van der Waals surface area (Å²) in [6.45, 7) is 2.33. The number of thioether (sulfide) groups is 1. The topological polar surface area (TPSA) is 86.4 Å². The number of hydrogen-bond acceptors (Lipinski definition) is 6. The zero-order valence-electron chi connectivity index (χ0n) is 20.0. The average Bonchev–Trinajstić information content (AvgIpc) is 3.28. The van der Waals surface area contributed by atoms with Gasteiger partial charge in [0, 0.05) is 11.1 Å². The summed E-state index contributed by atoms with van der Waals surface area (Å²) < 4.78 is 12.8. The molecule has 7 nitrogen and oxygen atoms in total. The van der Waals surface area contributed by atoms with Crippen molar-refractivity contribution < 1.29 is 13.9 Å². The van der Waals surface area contributed by atoms with Crippen molar-refractivity contribution in [3.05, 3.63) is 94.3 Å². The van der Waals surface area contributed by atoms with E-state index >= 15 is 0 Å². The Morgan fingerprint density at radius 1 is 1.06 bits per heavy atom. The van der Waals surface area contributed by atoms with Crippen LogP contribution < -0.4 is 15.6 Å². The normalized spacial score (nSPS) is 11.2. The first-order chi connectivity index (χ1) is 17.6. The van der Waals surface area contributed by atoms with Gasteiger partial charge >= 0.3 is 0 Å². The molecule has 1 amide bonds. The lowest BCUT2D eigenvalue weighted by Gasteiger charge is -2.13. The molecule has 0 aliphatic rings. The molecule has 182 valence electrons. The van der Waals surface area contributed by atoms with Gasteiger partial charge in [-0.15, -0.1) is 0 Å². The minimum atomic E-state index is -0.294. The standard InChI is InChI=1S/C28H25N3O4S/c1-3-18-8-6-10-20(14-18)29-24(32)17-36-28-30-25-22-12-4-5-13-23(22)35-26(25)27(33)31(28)16-19-9-7-11-21(15-19)34-2/h4-15H,3,16-17H2,1-2H3,(H,29,32). The Hall–Kier alpha value is -4.04. The molecule has 8 heteroatoms. The van der Waals surface area contributed by atoms with Gasteiger partial charge in [-0.05, 0) is 53.9 Å². The summed E-state index contributed by atoms with van der Waals surface area (Å²) in [6.07, 6.45) is 0.887. The highest BCUT2D eigenvalue weighted by Gasteiger charge is 2.19. The highest BCUT2D eigenvalue weighted by Crippen LogP contribution is 2.28. The Morgan fingerprint density at radius 3 is 2.69 bits per heavy atom. The predicted octanol–water partition coefficient (Wildman–Crippen LogP) is 5.49. The molecule has 2 aromatic heterocycles. The summed E-state index contributed by atoms with van der Waals surface area (Å²) >= 11 is 1.22. The summed E-state index contributed by atoms with van der Waals surface area (Å²) in [4.78, 5) is 31.1. The van der Waals surface area contributed by atoms with Crippen LogP contribution in [0.5, 0.6) is 5.75 Å². The third-order valence-electron chi connectivity index (χ3n) is 5.87. The number of nitrogens with one attached hydrogen (secondary N) is 1. The van der Waals surface area contributed by atoms with E-state index in [2.05, 4.69) is 12.2 Å². The lowest BCUT2D eigenvalue weighted by Crippen LogP contribution is -2.24. The second kappa shape index (κ2) is 10.3. The molecule has 0 radical (unpaired) electrons. The van der Waals surface area contributed by atoms with Gasteiger partial charge in [0.05, 0.1) is 19.4 Å². The fourth-order valence-corrected chi connectivity index (χ4v) is 4.84. The number of aromatic nitrogens is 2. The van der Waals surface area contributed by atoms with E-state index in [9.17, 15) is 9.59 Å². The van der Waals surface area contributed by atoms with E-state index in [1.807, 2.05) is 72.8 Å². The van der Waals surface area contributed by atoms with E-state index < -0.39 is 0 Å². The predicted molar refractivity (Wildman–Crippen MR) is 143 cm³/mol. The number of carbonyl (C=O) groups is 1. The van der Waals surface area contributed by atoms with E-state index in [1.165, 1.54) is 11.8 Å². The minimum absolute atomic E-state index is 0.0994. The number of furan rings is 1. The van der Waals surface area contributed by atoms with Crippen molar-refractivity contribution in [2.24, 2.45) is 0 Å². The minimum Gasteiger partial charge on any atom is -0.497 e. The molecule has 0 saturated carbocycles. The molecule has 0 fully saturated rings. The summed E-state index contributed by atoms with van der Waals surface area (Å²) in [7, 11) is 1.60. The smallest absolute Gasteiger partial charge is 0.298 e. The number of benzene rings is 3. The second-order valence-corrected chi connectivity index (χ2v) is 9.25. The lowest BCUT2D eigenvalue weighted by molar-refractivity contribution is -0.113. The molecular formula is C28H25N3O4S. The number of aryl methyl sites for hydroxylation is 1. The Kier molecular flexibility index (Phi) is 6.77. The molecule has 0 aliphatic carbocycles. The Bertz CT molecular complexity index is 1620. The van der Waals surface area contributed by atoms with Crippen LogP contribution in [-0.2, 0) is 17.8 Å². The highest BCUT2D eigenvalue weighted by molar-refractivity contribution is 7.99. The Labute approximate surface area is 212 Å². The number of amides is 1. The maximum Gasteiger partial charge on any atom is 0.298 e. The van der Waals surface area contributed by atoms with Crippen molar-refractivity contribution in [2.75, 3.05) is 18.2 Å². The number of para-hydroxylation sites is 1. The van der Waals surface area contributed by atoms with Crippen molar-refractivity contribution >= 4 is 45.4 Å². The number of anilines is 1. The molecule has 0 spiro atoms. The number of fused-ring (bicyclic) bond motifs is 3. The molecule has 2 heterocycles. The molecule has 3 aromatic carbocycles. The van der Waals surface area contributed by atoms with Crippen LogP contribution in [0.4, 0.5) is 5.69 Å². The van der Waals surface area contributed by atoms with Gasteiger partial charge in [-0.2, -0.15) is 0 Å². The number of ether oxygens (including phenoxy) is 1. The van der Waals surface area contributed by atoms with Crippen LogP contribution >= 0.6 is 11.8 Å². The molecule has 0 unspecified atom stereocenters. The Morgan fingerprint density at radius 2 is 1.86 bits per heavy atom. The van der Waals surface area contributed by atoms with Crippen LogP contribution in [0.2, 0.25) is 0 Å². The largest absolute Gasteiger partial charge is 0.497 e. The lowest BCUT2D eigenvalue weighted by atomic mass is 10.1. The summed E-state index contributed by atoms with van der Waals surface area (Å²) in [6, 6.07) is 22.7. The first-order valence-corrected chi connectivity index (χ1v) is 12.6. The average molecular weight is 500 g/mol. The van der Waals surface area contributed by atoms with Crippen molar-refractivity contribution in [3.8, 4) is 5.75 Å². The number of hydrogen-bond donors (Lipinski definition) is 1. The Balaban J connectivity index is 1.49.